The molecule has 0 aliphatic heterocycles. The van der Waals surface area contributed by atoms with Gasteiger partial charge in [0.25, 0.3) is 0 Å². The summed E-state index contributed by atoms with van der Waals surface area (Å²) < 4.78 is 0. The van der Waals surface area contributed by atoms with E-state index in [-0.39, 0.29) is 0 Å². The van der Waals surface area contributed by atoms with Gasteiger partial charge in [-0.25, -0.2) is 9.78 Å². The molecule has 0 aliphatic carbocycles. The average Bonchev–Trinajstić information content (AvgIpc) is 2.39. The maximum Gasteiger partial charge on any atom is 0.101 e. The molecule has 0 spiro atoms. The highest BCUT2D eigenvalue weighted by Gasteiger charge is 1.89. The summed E-state index contributed by atoms with van der Waals surface area (Å²) in [5, 5.41) is 0. The number of allylic oxidation sites excluding steroid dienone is 3. The van der Waals surface area contributed by atoms with Crippen molar-refractivity contribution in [1.29, 1.82) is 0 Å². The fraction of sp³-hybridized carbons (Fsp3) is 0.750. The van der Waals surface area contributed by atoms with E-state index in [0.717, 1.165) is 0 Å². The Kier molecular flexibility index (Phi) is 15.9. The summed E-state index contributed by atoms with van der Waals surface area (Å²) in [6.07, 6.45) is 20.5. The molecule has 0 saturated carbocycles. The van der Waals surface area contributed by atoms with E-state index < -0.39 is 0 Å². The van der Waals surface area contributed by atoms with Gasteiger partial charge in [-0.1, -0.05) is 76.2 Å². The minimum atomic E-state index is 0.513. The van der Waals surface area contributed by atoms with Crippen LogP contribution in [0, 0.1) is 0 Å². The van der Waals surface area contributed by atoms with Gasteiger partial charge >= 0.3 is 0 Å². The normalized spacial score (nSPS) is 11.9. The summed E-state index contributed by atoms with van der Waals surface area (Å²) in [5.41, 5.74) is 0. The maximum atomic E-state index is 4.71. The lowest BCUT2D eigenvalue weighted by Gasteiger charge is -1.99. The molecule has 0 aliphatic rings. The number of unbranched alkanes of at least 4 members (excludes halogenated alkanes) is 8. The quantitative estimate of drug-likeness (QED) is 0.194. The van der Waals surface area contributed by atoms with E-state index >= 15 is 0 Å². The highest BCUT2D eigenvalue weighted by atomic mass is 17.2. The zero-order chi connectivity index (χ0) is 13.3. The van der Waals surface area contributed by atoms with Gasteiger partial charge in [0.2, 0.25) is 0 Å². The van der Waals surface area contributed by atoms with E-state index in [1.165, 1.54) is 64.9 Å². The van der Waals surface area contributed by atoms with Gasteiger partial charge in [0, 0.05) is 0 Å². The SMILES string of the molecule is CCCCCCCCCCC=CC=CCOOC. The van der Waals surface area contributed by atoms with Crippen molar-refractivity contribution in [3.05, 3.63) is 24.3 Å². The average molecular weight is 254 g/mol. The highest BCUT2D eigenvalue weighted by Crippen LogP contribution is 2.09. The standard InChI is InChI=1S/C16H30O2/c1-3-4-5-6-7-8-9-10-11-12-13-14-15-16-18-17-2/h12-15H,3-11,16H2,1-2H3. The van der Waals surface area contributed by atoms with Crippen LogP contribution >= 0.6 is 0 Å². The minimum absolute atomic E-state index is 0.513. The summed E-state index contributed by atoms with van der Waals surface area (Å²) in [6.45, 7) is 2.78. The molecule has 2 heteroatoms. The molecule has 0 aromatic carbocycles. The van der Waals surface area contributed by atoms with Crippen molar-refractivity contribution in [2.75, 3.05) is 13.7 Å². The zero-order valence-electron chi connectivity index (χ0n) is 12.2. The van der Waals surface area contributed by atoms with Gasteiger partial charge < -0.3 is 0 Å². The van der Waals surface area contributed by atoms with Crippen LogP contribution in [0.15, 0.2) is 24.3 Å². The predicted octanol–water partition coefficient (Wildman–Crippen LogP) is 5.21. The summed E-state index contributed by atoms with van der Waals surface area (Å²) in [6, 6.07) is 0. The fourth-order valence-electron chi connectivity index (χ4n) is 1.81. The van der Waals surface area contributed by atoms with Crippen LogP contribution in [0.3, 0.4) is 0 Å². The molecule has 0 amide bonds. The first-order chi connectivity index (χ1) is 8.91. The summed E-state index contributed by atoms with van der Waals surface area (Å²) >= 11 is 0. The van der Waals surface area contributed by atoms with Gasteiger partial charge in [0.1, 0.15) is 6.61 Å². The Morgan fingerprint density at radius 1 is 0.778 bits per heavy atom. The van der Waals surface area contributed by atoms with Gasteiger partial charge in [-0.2, -0.15) is 0 Å². The Balaban J connectivity index is 3.10. The van der Waals surface area contributed by atoms with Gasteiger partial charge in [-0.05, 0) is 12.8 Å². The third-order valence-corrected chi connectivity index (χ3v) is 2.89. The van der Waals surface area contributed by atoms with Crippen molar-refractivity contribution in [1.82, 2.24) is 0 Å². The zero-order valence-corrected chi connectivity index (χ0v) is 12.2. The molecule has 18 heavy (non-hydrogen) atoms. The third kappa shape index (κ3) is 15.4. The Labute approximate surface area is 113 Å². The van der Waals surface area contributed by atoms with Crippen molar-refractivity contribution in [2.45, 2.75) is 64.7 Å². The maximum absolute atomic E-state index is 4.71. The van der Waals surface area contributed by atoms with Crippen LogP contribution in [0.5, 0.6) is 0 Å². The van der Waals surface area contributed by atoms with Crippen LogP contribution < -0.4 is 0 Å². The first-order valence-electron chi connectivity index (χ1n) is 7.39. The number of hydrogen-bond acceptors (Lipinski definition) is 2. The van der Waals surface area contributed by atoms with E-state index in [9.17, 15) is 0 Å². The Morgan fingerprint density at radius 2 is 1.39 bits per heavy atom. The fourth-order valence-corrected chi connectivity index (χ4v) is 1.81. The molecule has 0 rings (SSSR count). The largest absolute Gasteiger partial charge is 0.240 e. The van der Waals surface area contributed by atoms with Crippen LogP contribution in [0.4, 0.5) is 0 Å². The highest BCUT2D eigenvalue weighted by molar-refractivity contribution is 5.02. The first kappa shape index (κ1) is 17.4. The third-order valence-electron chi connectivity index (χ3n) is 2.89. The lowest BCUT2D eigenvalue weighted by molar-refractivity contribution is -0.263. The Bertz CT molecular complexity index is 197. The molecular weight excluding hydrogens is 224 g/mol. The van der Waals surface area contributed by atoms with Crippen LogP contribution in [0.2, 0.25) is 0 Å². The van der Waals surface area contributed by atoms with E-state index in [0.29, 0.717) is 6.61 Å². The monoisotopic (exact) mass is 254 g/mol. The van der Waals surface area contributed by atoms with Gasteiger partial charge in [0.05, 0.1) is 7.11 Å². The Hall–Kier alpha value is -0.600. The predicted molar refractivity (Wildman–Crippen MR) is 78.5 cm³/mol. The molecule has 0 aromatic heterocycles. The minimum Gasteiger partial charge on any atom is -0.240 e. The Morgan fingerprint density at radius 3 is 2.06 bits per heavy atom. The molecule has 0 saturated heterocycles. The van der Waals surface area contributed by atoms with Gasteiger partial charge in [-0.3, -0.25) is 0 Å². The number of hydrogen-bond donors (Lipinski definition) is 0. The molecule has 0 bridgehead atoms. The first-order valence-corrected chi connectivity index (χ1v) is 7.39. The topological polar surface area (TPSA) is 18.5 Å². The molecule has 0 heterocycles. The molecule has 0 aromatic rings. The summed E-state index contributed by atoms with van der Waals surface area (Å²) in [5.74, 6) is 0. The van der Waals surface area contributed by atoms with Crippen LogP contribution in [-0.2, 0) is 9.78 Å². The second kappa shape index (κ2) is 16.4. The van der Waals surface area contributed by atoms with E-state index in [1.54, 1.807) is 0 Å². The molecule has 0 atom stereocenters. The molecule has 106 valence electrons. The van der Waals surface area contributed by atoms with Crippen LogP contribution in [-0.4, -0.2) is 13.7 Å². The van der Waals surface area contributed by atoms with Crippen LogP contribution in [0.1, 0.15) is 64.7 Å². The van der Waals surface area contributed by atoms with Crippen molar-refractivity contribution in [3.63, 3.8) is 0 Å². The second-order valence-corrected chi connectivity index (χ2v) is 4.57. The molecule has 0 unspecified atom stereocenters. The van der Waals surface area contributed by atoms with Crippen molar-refractivity contribution < 1.29 is 9.78 Å². The van der Waals surface area contributed by atoms with Crippen molar-refractivity contribution >= 4 is 0 Å². The molecular formula is C16H30O2. The van der Waals surface area contributed by atoms with Crippen LogP contribution in [0.25, 0.3) is 0 Å². The molecule has 0 N–H and O–H groups in total. The van der Waals surface area contributed by atoms with E-state index in [1.807, 2.05) is 12.2 Å². The number of rotatable bonds is 13. The smallest absolute Gasteiger partial charge is 0.101 e. The molecule has 2 nitrogen and oxygen atoms in total. The molecule has 0 fully saturated rings. The lowest BCUT2D eigenvalue weighted by atomic mass is 10.1. The van der Waals surface area contributed by atoms with Gasteiger partial charge in [0.15, 0.2) is 0 Å². The lowest BCUT2D eigenvalue weighted by Crippen LogP contribution is -1.86. The van der Waals surface area contributed by atoms with E-state index in [4.69, 9.17) is 4.89 Å². The molecule has 0 radical (unpaired) electrons. The summed E-state index contributed by atoms with van der Waals surface area (Å²) in [7, 11) is 1.52. The van der Waals surface area contributed by atoms with Gasteiger partial charge in [-0.15, -0.1) is 0 Å². The van der Waals surface area contributed by atoms with Crippen molar-refractivity contribution in [3.8, 4) is 0 Å². The van der Waals surface area contributed by atoms with E-state index in [2.05, 4.69) is 24.0 Å². The van der Waals surface area contributed by atoms with Crippen molar-refractivity contribution in [2.24, 2.45) is 0 Å². The summed E-state index contributed by atoms with van der Waals surface area (Å²) in [4.78, 5) is 9.19. The second-order valence-electron chi connectivity index (χ2n) is 4.57.